The summed E-state index contributed by atoms with van der Waals surface area (Å²) in [5, 5.41) is 3.51. The van der Waals surface area contributed by atoms with Crippen LogP contribution in [0.4, 0.5) is 11.4 Å². The van der Waals surface area contributed by atoms with Crippen molar-refractivity contribution in [1.82, 2.24) is 0 Å². The molecule has 1 aliphatic rings. The number of fused-ring (bicyclic) bond motifs is 1. The lowest BCUT2D eigenvalue weighted by Gasteiger charge is -2.30. The predicted octanol–water partition coefficient (Wildman–Crippen LogP) is 6.27. The zero-order chi connectivity index (χ0) is 17.4. The summed E-state index contributed by atoms with van der Waals surface area (Å²) in [4.78, 5) is 4.01. The molecule has 1 aliphatic heterocycles. The van der Waals surface area contributed by atoms with Gasteiger partial charge in [-0.25, -0.2) is 0 Å². The van der Waals surface area contributed by atoms with Crippen LogP contribution in [0.25, 0.3) is 0 Å². The number of nitrogens with zero attached hydrogens (tertiary/aromatic N) is 1. The Hall–Kier alpha value is -1.26. The molecule has 2 nitrogen and oxygen atoms in total. The van der Waals surface area contributed by atoms with E-state index < -0.39 is 0 Å². The predicted molar refractivity (Wildman–Crippen MR) is 110 cm³/mol. The molecule has 2 heterocycles. The first kappa shape index (κ1) is 17.6. The number of hydrogen-bond donors (Lipinski definition) is 1. The van der Waals surface area contributed by atoms with E-state index in [-0.39, 0.29) is 0 Å². The Morgan fingerprint density at radius 3 is 2.54 bits per heavy atom. The SMILES string of the molecule is C=C(Nc1c(C)cc(N2CCc3sc(Br)cc3C2)cc1C)C(C)C. The van der Waals surface area contributed by atoms with Crippen LogP contribution in [0.2, 0.25) is 0 Å². The fourth-order valence-corrected chi connectivity index (χ4v) is 4.89. The highest BCUT2D eigenvalue weighted by atomic mass is 79.9. The van der Waals surface area contributed by atoms with E-state index in [1.54, 1.807) is 0 Å². The average molecular weight is 405 g/mol. The normalized spacial score (nSPS) is 14.0. The Labute approximate surface area is 157 Å². The zero-order valence-corrected chi connectivity index (χ0v) is 17.3. The number of hydrogen-bond acceptors (Lipinski definition) is 3. The summed E-state index contributed by atoms with van der Waals surface area (Å²) in [7, 11) is 0. The molecule has 0 spiro atoms. The van der Waals surface area contributed by atoms with Crippen LogP contribution in [0.5, 0.6) is 0 Å². The van der Waals surface area contributed by atoms with Crippen molar-refractivity contribution in [1.29, 1.82) is 0 Å². The molecule has 0 saturated carbocycles. The zero-order valence-electron chi connectivity index (χ0n) is 14.9. The smallest absolute Gasteiger partial charge is 0.0704 e. The molecule has 0 aliphatic carbocycles. The third kappa shape index (κ3) is 3.55. The molecule has 0 bridgehead atoms. The van der Waals surface area contributed by atoms with Crippen LogP contribution in [0, 0.1) is 19.8 Å². The van der Waals surface area contributed by atoms with Crippen molar-refractivity contribution in [2.75, 3.05) is 16.8 Å². The number of nitrogens with one attached hydrogen (secondary N) is 1. The van der Waals surface area contributed by atoms with Gasteiger partial charge in [-0.3, -0.25) is 0 Å². The summed E-state index contributed by atoms with van der Waals surface area (Å²) < 4.78 is 1.24. The van der Waals surface area contributed by atoms with Crippen molar-refractivity contribution >= 4 is 38.6 Å². The standard InChI is InChI=1S/C20H25BrN2S/c1-12(2)15(5)22-20-13(3)8-17(9-14(20)4)23-7-6-18-16(11-23)10-19(21)24-18/h8-10,12,22H,5-7,11H2,1-4H3. The van der Waals surface area contributed by atoms with E-state index in [1.807, 2.05) is 11.3 Å². The summed E-state index contributed by atoms with van der Waals surface area (Å²) in [5.74, 6) is 0.432. The maximum Gasteiger partial charge on any atom is 0.0704 e. The molecule has 0 amide bonds. The first-order chi connectivity index (χ1) is 11.3. The van der Waals surface area contributed by atoms with Gasteiger partial charge in [0, 0.05) is 35.0 Å². The Morgan fingerprint density at radius 1 is 1.25 bits per heavy atom. The molecule has 1 aromatic carbocycles. The van der Waals surface area contributed by atoms with Crippen LogP contribution in [0.1, 0.15) is 35.4 Å². The highest BCUT2D eigenvalue weighted by Crippen LogP contribution is 2.35. The van der Waals surface area contributed by atoms with E-state index >= 15 is 0 Å². The summed E-state index contributed by atoms with van der Waals surface area (Å²) >= 11 is 5.50. The fourth-order valence-electron chi connectivity index (χ4n) is 3.14. The number of aryl methyl sites for hydroxylation is 2. The Bertz CT molecular complexity index is 753. The second kappa shape index (κ2) is 6.93. The molecule has 3 rings (SSSR count). The number of anilines is 2. The van der Waals surface area contributed by atoms with Crippen molar-refractivity contribution in [2.45, 2.75) is 40.7 Å². The maximum absolute atomic E-state index is 4.15. The molecular weight excluding hydrogens is 380 g/mol. The van der Waals surface area contributed by atoms with Gasteiger partial charge in [-0.2, -0.15) is 0 Å². The van der Waals surface area contributed by atoms with Gasteiger partial charge >= 0.3 is 0 Å². The lowest BCUT2D eigenvalue weighted by Crippen LogP contribution is -2.29. The minimum absolute atomic E-state index is 0.432. The summed E-state index contributed by atoms with van der Waals surface area (Å²) in [5.41, 5.74) is 7.61. The summed E-state index contributed by atoms with van der Waals surface area (Å²) in [6.07, 6.45) is 1.13. The molecule has 0 radical (unpaired) electrons. The second-order valence-electron chi connectivity index (χ2n) is 6.93. The van der Waals surface area contributed by atoms with Gasteiger partial charge in [-0.1, -0.05) is 20.4 Å². The van der Waals surface area contributed by atoms with Crippen LogP contribution in [-0.2, 0) is 13.0 Å². The molecule has 4 heteroatoms. The van der Waals surface area contributed by atoms with E-state index in [4.69, 9.17) is 0 Å². The molecule has 128 valence electrons. The van der Waals surface area contributed by atoms with Gasteiger partial charge in [-0.05, 0) is 77.0 Å². The van der Waals surface area contributed by atoms with Gasteiger partial charge in [0.05, 0.1) is 3.79 Å². The average Bonchev–Trinajstić information content (AvgIpc) is 2.89. The number of rotatable bonds is 4. The quantitative estimate of drug-likeness (QED) is 0.645. The van der Waals surface area contributed by atoms with Crippen molar-refractivity contribution in [3.8, 4) is 0 Å². The molecule has 1 aromatic heterocycles. The molecule has 0 saturated heterocycles. The summed E-state index contributed by atoms with van der Waals surface area (Å²) in [6.45, 7) is 14.9. The van der Waals surface area contributed by atoms with Gasteiger partial charge in [0.1, 0.15) is 0 Å². The Kier molecular flexibility index (Phi) is 5.07. The minimum atomic E-state index is 0.432. The minimum Gasteiger partial charge on any atom is -0.367 e. The first-order valence-electron chi connectivity index (χ1n) is 8.44. The molecule has 0 fully saturated rings. The first-order valence-corrected chi connectivity index (χ1v) is 10.0. The Balaban J connectivity index is 1.84. The third-order valence-corrected chi connectivity index (χ3v) is 6.44. The number of allylic oxidation sites excluding steroid dienone is 1. The van der Waals surface area contributed by atoms with Crippen LogP contribution >= 0.6 is 27.3 Å². The van der Waals surface area contributed by atoms with Gasteiger partial charge < -0.3 is 10.2 Å². The van der Waals surface area contributed by atoms with E-state index in [9.17, 15) is 0 Å². The molecule has 0 atom stereocenters. The molecule has 0 unspecified atom stereocenters. The lowest BCUT2D eigenvalue weighted by atomic mass is 10.0. The van der Waals surface area contributed by atoms with Gasteiger partial charge in [-0.15, -0.1) is 11.3 Å². The van der Waals surface area contributed by atoms with Crippen LogP contribution in [0.3, 0.4) is 0 Å². The van der Waals surface area contributed by atoms with Crippen LogP contribution < -0.4 is 10.2 Å². The molecular formula is C20H25BrN2S. The van der Waals surface area contributed by atoms with E-state index in [0.717, 1.165) is 25.2 Å². The molecule has 2 aromatic rings. The highest BCUT2D eigenvalue weighted by Gasteiger charge is 2.20. The van der Waals surface area contributed by atoms with Crippen LogP contribution in [-0.4, -0.2) is 6.54 Å². The van der Waals surface area contributed by atoms with Crippen molar-refractivity contribution in [3.63, 3.8) is 0 Å². The largest absolute Gasteiger partial charge is 0.367 e. The van der Waals surface area contributed by atoms with Crippen molar-refractivity contribution in [3.05, 3.63) is 55.8 Å². The topological polar surface area (TPSA) is 15.3 Å². The number of thiophene rings is 1. The maximum atomic E-state index is 4.15. The van der Waals surface area contributed by atoms with E-state index in [2.05, 4.69) is 78.6 Å². The van der Waals surface area contributed by atoms with Crippen LogP contribution in [0.15, 0.2) is 34.3 Å². The van der Waals surface area contributed by atoms with Gasteiger partial charge in [0.15, 0.2) is 0 Å². The van der Waals surface area contributed by atoms with E-state index in [0.29, 0.717) is 5.92 Å². The van der Waals surface area contributed by atoms with Crippen molar-refractivity contribution < 1.29 is 0 Å². The Morgan fingerprint density at radius 2 is 1.92 bits per heavy atom. The second-order valence-corrected chi connectivity index (χ2v) is 9.45. The third-order valence-electron chi connectivity index (χ3n) is 4.70. The molecule has 24 heavy (non-hydrogen) atoms. The monoisotopic (exact) mass is 404 g/mol. The van der Waals surface area contributed by atoms with Gasteiger partial charge in [0.2, 0.25) is 0 Å². The van der Waals surface area contributed by atoms with E-state index in [1.165, 1.54) is 36.7 Å². The summed E-state index contributed by atoms with van der Waals surface area (Å²) in [6, 6.07) is 6.87. The lowest BCUT2D eigenvalue weighted by molar-refractivity contribution is 0.743. The molecule has 1 N–H and O–H groups in total. The van der Waals surface area contributed by atoms with Gasteiger partial charge in [0.25, 0.3) is 0 Å². The number of halogens is 1. The highest BCUT2D eigenvalue weighted by molar-refractivity contribution is 9.11. The number of benzene rings is 1. The van der Waals surface area contributed by atoms with Crippen molar-refractivity contribution in [2.24, 2.45) is 5.92 Å². The fraction of sp³-hybridized carbons (Fsp3) is 0.400.